The molecule has 0 radical (unpaired) electrons. The monoisotopic (exact) mass is 164 g/mol. The Morgan fingerprint density at radius 2 is 2.33 bits per heavy atom. The topological polar surface area (TPSA) is 69.6 Å². The molecule has 0 unspecified atom stereocenters. The highest BCUT2D eigenvalue weighted by Crippen LogP contribution is 2.02. The summed E-state index contributed by atoms with van der Waals surface area (Å²) in [6, 6.07) is 3.02. The fourth-order valence-electron chi connectivity index (χ4n) is 0.738. The maximum Gasteiger partial charge on any atom is 0.160 e. The summed E-state index contributed by atoms with van der Waals surface area (Å²) >= 11 is 0. The first-order valence-electron chi connectivity index (χ1n) is 4.71. The van der Waals surface area contributed by atoms with Gasteiger partial charge in [0.2, 0.25) is 0 Å². The minimum atomic E-state index is -0.265. The molecule has 0 amide bonds. The second-order valence-corrected chi connectivity index (χ2v) is 2.09. The van der Waals surface area contributed by atoms with Gasteiger partial charge in [0.15, 0.2) is 5.82 Å². The molecule has 2 rings (SSSR count). The van der Waals surface area contributed by atoms with Gasteiger partial charge in [0.25, 0.3) is 0 Å². The summed E-state index contributed by atoms with van der Waals surface area (Å²) in [7, 11) is 0. The summed E-state index contributed by atoms with van der Waals surface area (Å²) < 4.78 is 23.3. The largest absolute Gasteiger partial charge is 0.382 e. The second-order valence-electron chi connectivity index (χ2n) is 2.09. The Balaban J connectivity index is 2.58. The fraction of sp³-hybridized carbons (Fsp3) is 0. The molecule has 0 saturated heterocycles. The summed E-state index contributed by atoms with van der Waals surface area (Å²) in [5, 5.41) is 7.31. The Morgan fingerprint density at radius 1 is 1.42 bits per heavy atom. The van der Waals surface area contributed by atoms with E-state index in [2.05, 4.69) is 15.2 Å². The van der Waals surface area contributed by atoms with Crippen LogP contribution >= 0.6 is 0 Å². The lowest BCUT2D eigenvalue weighted by Gasteiger charge is -1.97. The molecule has 0 bridgehead atoms. The normalized spacial score (nSPS) is 13.5. The van der Waals surface area contributed by atoms with Gasteiger partial charge in [0.1, 0.15) is 13.5 Å². The number of imidazole rings is 1. The maximum atomic E-state index is 7.50. The number of hydrogen-bond acceptors (Lipinski definition) is 4. The van der Waals surface area contributed by atoms with Gasteiger partial charge in [0, 0.05) is 12.3 Å². The van der Waals surface area contributed by atoms with E-state index in [9.17, 15) is 0 Å². The van der Waals surface area contributed by atoms with Crippen LogP contribution in [0.2, 0.25) is 0 Å². The summed E-state index contributed by atoms with van der Waals surface area (Å²) in [6.07, 6.45) is -0.679. The van der Waals surface area contributed by atoms with Gasteiger partial charge >= 0.3 is 0 Å². The molecular weight excluding hydrogens is 154 g/mol. The van der Waals surface area contributed by atoms with Gasteiger partial charge in [-0.25, -0.2) is 4.98 Å². The van der Waals surface area contributed by atoms with E-state index < -0.39 is 0 Å². The predicted octanol–water partition coefficient (Wildman–Crippen LogP) is 0.244. The molecule has 0 aliphatic rings. The van der Waals surface area contributed by atoms with Gasteiger partial charge in [0.05, 0.1) is 2.74 Å². The van der Waals surface area contributed by atoms with Gasteiger partial charge in [-0.2, -0.15) is 0 Å². The molecule has 5 nitrogen and oxygen atoms in total. The molecule has 12 heavy (non-hydrogen) atoms. The highest BCUT2D eigenvalue weighted by atomic mass is 15.2. The Hall–Kier alpha value is -1.91. The molecular formula is C7H7N5. The molecule has 0 fully saturated rings. The number of nitrogens with zero attached hydrogens (tertiary/aromatic N) is 4. The van der Waals surface area contributed by atoms with E-state index in [-0.39, 0.29) is 30.3 Å². The molecule has 2 aromatic rings. The Morgan fingerprint density at radius 3 is 2.92 bits per heavy atom. The van der Waals surface area contributed by atoms with Gasteiger partial charge in [-0.3, -0.25) is 4.57 Å². The lowest BCUT2D eigenvalue weighted by atomic mass is 10.5. The van der Waals surface area contributed by atoms with Crippen molar-refractivity contribution in [3.05, 3.63) is 30.8 Å². The van der Waals surface area contributed by atoms with E-state index in [1.807, 2.05) is 0 Å². The zero-order chi connectivity index (χ0) is 11.0. The summed E-state index contributed by atoms with van der Waals surface area (Å²) in [5.41, 5.74) is 5.36. The molecule has 0 spiro atoms. The van der Waals surface area contributed by atoms with E-state index in [4.69, 9.17) is 9.85 Å². The minimum absolute atomic E-state index is 0.195. The predicted molar refractivity (Wildman–Crippen MR) is 43.6 cm³/mol. The SMILES string of the molecule is [2H]c1nc([2H])n(-c2ccc(N)nn2)c1[2H]. The Labute approximate surface area is 73.1 Å². The number of rotatable bonds is 1. The molecule has 2 N–H and O–H groups in total. The van der Waals surface area contributed by atoms with Crippen molar-refractivity contribution in [2.75, 3.05) is 5.73 Å². The van der Waals surface area contributed by atoms with Crippen LogP contribution in [0.3, 0.4) is 0 Å². The average Bonchev–Trinajstić information content (AvgIpc) is 2.44. The fourth-order valence-corrected chi connectivity index (χ4v) is 0.738. The van der Waals surface area contributed by atoms with Crippen molar-refractivity contribution >= 4 is 5.82 Å². The third-order valence-electron chi connectivity index (χ3n) is 1.27. The van der Waals surface area contributed by atoms with Crippen molar-refractivity contribution in [1.82, 2.24) is 19.7 Å². The molecule has 2 heterocycles. The number of hydrogen-bond donors (Lipinski definition) is 1. The lowest BCUT2D eigenvalue weighted by Crippen LogP contribution is -1.98. The number of nitrogen functional groups attached to an aromatic ring is 1. The summed E-state index contributed by atoms with van der Waals surface area (Å²) in [4.78, 5) is 3.52. The third kappa shape index (κ3) is 1.12. The molecule has 60 valence electrons. The first kappa shape index (κ1) is 4.20. The number of nitrogens with two attached hydrogens (primary N) is 1. The van der Waals surface area contributed by atoms with E-state index in [0.29, 0.717) is 0 Å². The van der Waals surface area contributed by atoms with Crippen molar-refractivity contribution in [2.45, 2.75) is 0 Å². The third-order valence-corrected chi connectivity index (χ3v) is 1.27. The van der Waals surface area contributed by atoms with Crippen LogP contribution in [0.4, 0.5) is 5.82 Å². The summed E-state index contributed by atoms with van der Waals surface area (Å²) in [6.45, 7) is 0. The quantitative estimate of drug-likeness (QED) is 0.655. The summed E-state index contributed by atoms with van der Waals surface area (Å²) in [5.74, 6) is 0.508. The number of aromatic nitrogens is 4. The van der Waals surface area contributed by atoms with Gasteiger partial charge in [-0.05, 0) is 12.1 Å². The Kier molecular flexibility index (Phi) is 0.914. The van der Waals surface area contributed by atoms with Crippen LogP contribution in [0.5, 0.6) is 0 Å². The smallest absolute Gasteiger partial charge is 0.160 e. The van der Waals surface area contributed by atoms with E-state index in [1.54, 1.807) is 0 Å². The highest BCUT2D eigenvalue weighted by molar-refractivity contribution is 5.31. The van der Waals surface area contributed by atoms with Crippen LogP contribution in [-0.4, -0.2) is 19.7 Å². The van der Waals surface area contributed by atoms with Crippen LogP contribution < -0.4 is 5.73 Å². The lowest BCUT2D eigenvalue weighted by molar-refractivity contribution is 0.918. The van der Waals surface area contributed by atoms with Gasteiger partial charge in [-0.1, -0.05) is 0 Å². The average molecular weight is 164 g/mol. The van der Waals surface area contributed by atoms with Crippen LogP contribution in [0, 0.1) is 0 Å². The van der Waals surface area contributed by atoms with Crippen LogP contribution in [-0.2, 0) is 0 Å². The van der Waals surface area contributed by atoms with E-state index in [1.165, 1.54) is 12.1 Å². The minimum Gasteiger partial charge on any atom is -0.382 e. The molecule has 0 saturated carbocycles. The van der Waals surface area contributed by atoms with Crippen molar-refractivity contribution < 1.29 is 4.11 Å². The van der Waals surface area contributed by atoms with Crippen molar-refractivity contribution in [1.29, 1.82) is 0 Å². The number of anilines is 1. The Bertz CT molecular complexity index is 492. The van der Waals surface area contributed by atoms with E-state index in [0.717, 1.165) is 4.57 Å². The van der Waals surface area contributed by atoms with E-state index >= 15 is 0 Å². The van der Waals surface area contributed by atoms with Crippen molar-refractivity contribution in [3.63, 3.8) is 0 Å². The molecule has 0 aliphatic heterocycles. The molecule has 0 atom stereocenters. The van der Waals surface area contributed by atoms with Crippen molar-refractivity contribution in [3.8, 4) is 5.82 Å². The maximum absolute atomic E-state index is 7.50. The first-order valence-corrected chi connectivity index (χ1v) is 3.21. The van der Waals surface area contributed by atoms with Gasteiger partial charge < -0.3 is 5.73 Å². The van der Waals surface area contributed by atoms with Crippen LogP contribution in [0.15, 0.2) is 30.8 Å². The second kappa shape index (κ2) is 2.61. The standard InChI is InChI=1S/C7H7N5/c8-6-1-2-7(11-10-6)12-4-3-9-5-12/h1-5H,(H2,8,10)/i3D,4D,5D. The van der Waals surface area contributed by atoms with Crippen LogP contribution in [0.1, 0.15) is 4.11 Å². The molecule has 0 aliphatic carbocycles. The highest BCUT2D eigenvalue weighted by Gasteiger charge is 1.95. The van der Waals surface area contributed by atoms with Gasteiger partial charge in [-0.15, -0.1) is 10.2 Å². The first-order chi connectivity index (χ1) is 7.09. The van der Waals surface area contributed by atoms with Crippen molar-refractivity contribution in [2.24, 2.45) is 0 Å². The zero-order valence-corrected chi connectivity index (χ0v) is 6.02. The molecule has 0 aromatic carbocycles. The molecule has 2 aromatic heterocycles. The van der Waals surface area contributed by atoms with Crippen LogP contribution in [0.25, 0.3) is 5.82 Å². The zero-order valence-electron chi connectivity index (χ0n) is 9.02. The molecule has 5 heteroatoms.